The van der Waals surface area contributed by atoms with E-state index in [4.69, 9.17) is 4.74 Å². The number of likely N-dealkylation sites (N-methyl/N-ethyl adjacent to an activating group) is 1. The summed E-state index contributed by atoms with van der Waals surface area (Å²) in [6.45, 7) is 8.40. The summed E-state index contributed by atoms with van der Waals surface area (Å²) in [5.74, 6) is 0. The van der Waals surface area contributed by atoms with Gasteiger partial charge in [-0.1, -0.05) is 6.92 Å². The fraction of sp³-hybridized carbons (Fsp3) is 0.786. The van der Waals surface area contributed by atoms with Gasteiger partial charge in [-0.25, -0.2) is 4.98 Å². The number of morpholine rings is 1. The summed E-state index contributed by atoms with van der Waals surface area (Å²) in [6.07, 6.45) is 4.02. The predicted octanol–water partition coefficient (Wildman–Crippen LogP) is 1.77. The molecule has 2 atom stereocenters. The number of nitrogens with zero attached hydrogens (tertiary/aromatic N) is 2. The molecule has 1 aromatic heterocycles. The summed E-state index contributed by atoms with van der Waals surface area (Å²) in [4.78, 5) is 7.01. The highest BCUT2D eigenvalue weighted by atomic mass is 32.1. The van der Waals surface area contributed by atoms with Crippen LogP contribution < -0.4 is 5.32 Å². The van der Waals surface area contributed by atoms with Gasteiger partial charge < -0.3 is 10.1 Å². The first-order chi connectivity index (χ1) is 9.20. The number of hydrogen-bond acceptors (Lipinski definition) is 5. The average Bonchev–Trinajstić information content (AvgIpc) is 2.98. The molecule has 1 aromatic rings. The SMILES string of the molecule is CCC(C)(C(Cc1nccs1)NC)N1CCOCC1. The molecule has 108 valence electrons. The number of ether oxygens (including phenoxy) is 1. The van der Waals surface area contributed by atoms with Gasteiger partial charge in [0.15, 0.2) is 0 Å². The molecule has 1 aliphatic heterocycles. The monoisotopic (exact) mass is 283 g/mol. The third kappa shape index (κ3) is 3.34. The molecule has 2 unspecified atom stereocenters. The van der Waals surface area contributed by atoms with E-state index in [0.717, 1.165) is 39.1 Å². The van der Waals surface area contributed by atoms with Gasteiger partial charge in [0.05, 0.1) is 18.2 Å². The third-order valence-electron chi connectivity index (χ3n) is 4.41. The molecule has 0 bridgehead atoms. The fourth-order valence-electron chi connectivity index (χ4n) is 2.93. The van der Waals surface area contributed by atoms with Crippen molar-refractivity contribution >= 4 is 11.3 Å². The van der Waals surface area contributed by atoms with Crippen LogP contribution in [-0.4, -0.2) is 54.8 Å². The molecule has 19 heavy (non-hydrogen) atoms. The average molecular weight is 283 g/mol. The number of hydrogen-bond donors (Lipinski definition) is 1. The van der Waals surface area contributed by atoms with E-state index in [2.05, 4.69) is 41.5 Å². The zero-order chi connectivity index (χ0) is 13.7. The van der Waals surface area contributed by atoms with Gasteiger partial charge >= 0.3 is 0 Å². The molecule has 0 radical (unpaired) electrons. The van der Waals surface area contributed by atoms with E-state index in [0.29, 0.717) is 6.04 Å². The summed E-state index contributed by atoms with van der Waals surface area (Å²) in [7, 11) is 2.06. The second-order valence-electron chi connectivity index (χ2n) is 5.28. The smallest absolute Gasteiger partial charge is 0.0941 e. The van der Waals surface area contributed by atoms with Gasteiger partial charge in [0.25, 0.3) is 0 Å². The van der Waals surface area contributed by atoms with Crippen LogP contribution in [0.25, 0.3) is 0 Å². The lowest BCUT2D eigenvalue weighted by Crippen LogP contribution is -2.61. The van der Waals surface area contributed by atoms with Gasteiger partial charge in [-0.3, -0.25) is 4.90 Å². The van der Waals surface area contributed by atoms with Gasteiger partial charge in [0.2, 0.25) is 0 Å². The standard InChI is InChI=1S/C14H25N3OS/c1-4-14(2,17-6-8-18-9-7-17)12(15-3)11-13-16-5-10-19-13/h5,10,12,15H,4,6-9,11H2,1-3H3. The van der Waals surface area contributed by atoms with Gasteiger partial charge in [0.1, 0.15) is 0 Å². The Morgan fingerprint density at radius 3 is 2.79 bits per heavy atom. The molecule has 1 saturated heterocycles. The first-order valence-corrected chi connectivity index (χ1v) is 7.97. The van der Waals surface area contributed by atoms with E-state index in [1.807, 2.05) is 6.20 Å². The molecule has 5 heteroatoms. The Morgan fingerprint density at radius 2 is 2.26 bits per heavy atom. The molecule has 1 fully saturated rings. The summed E-state index contributed by atoms with van der Waals surface area (Å²) in [5, 5.41) is 6.78. The van der Waals surface area contributed by atoms with Crippen molar-refractivity contribution in [1.29, 1.82) is 0 Å². The molecule has 2 heterocycles. The lowest BCUT2D eigenvalue weighted by Gasteiger charge is -2.47. The predicted molar refractivity (Wildman–Crippen MR) is 79.8 cm³/mol. The molecular formula is C14H25N3OS. The minimum absolute atomic E-state index is 0.157. The summed E-state index contributed by atoms with van der Waals surface area (Å²) in [6, 6.07) is 0.418. The van der Waals surface area contributed by atoms with Crippen molar-refractivity contribution in [2.45, 2.75) is 38.3 Å². The van der Waals surface area contributed by atoms with Crippen LogP contribution >= 0.6 is 11.3 Å². The number of aromatic nitrogens is 1. The molecule has 0 amide bonds. The Morgan fingerprint density at radius 1 is 1.53 bits per heavy atom. The Bertz CT molecular complexity index is 365. The highest BCUT2D eigenvalue weighted by molar-refractivity contribution is 7.09. The maximum atomic E-state index is 5.49. The van der Waals surface area contributed by atoms with Crippen molar-refractivity contribution in [3.8, 4) is 0 Å². The molecule has 0 saturated carbocycles. The summed E-state index contributed by atoms with van der Waals surface area (Å²) < 4.78 is 5.49. The van der Waals surface area contributed by atoms with E-state index in [1.54, 1.807) is 11.3 Å². The van der Waals surface area contributed by atoms with Crippen molar-refractivity contribution < 1.29 is 4.74 Å². The Kier molecular flexibility index (Phi) is 5.33. The fourth-order valence-corrected chi connectivity index (χ4v) is 3.59. The number of rotatable bonds is 6. The van der Waals surface area contributed by atoms with E-state index in [-0.39, 0.29) is 5.54 Å². The van der Waals surface area contributed by atoms with Gasteiger partial charge in [-0.05, 0) is 20.4 Å². The molecule has 4 nitrogen and oxygen atoms in total. The minimum atomic E-state index is 0.157. The van der Waals surface area contributed by atoms with Crippen LogP contribution in [0.5, 0.6) is 0 Å². The zero-order valence-corrected chi connectivity index (χ0v) is 13.0. The van der Waals surface area contributed by atoms with Crippen molar-refractivity contribution in [3.05, 3.63) is 16.6 Å². The second-order valence-corrected chi connectivity index (χ2v) is 6.26. The Balaban J connectivity index is 2.11. The number of thiazole rings is 1. The van der Waals surface area contributed by atoms with Crippen molar-refractivity contribution in [2.75, 3.05) is 33.4 Å². The van der Waals surface area contributed by atoms with Crippen molar-refractivity contribution in [3.63, 3.8) is 0 Å². The second kappa shape index (κ2) is 6.79. The molecule has 0 spiro atoms. The van der Waals surface area contributed by atoms with Crippen LogP contribution in [0.1, 0.15) is 25.3 Å². The molecule has 0 aromatic carbocycles. The quantitative estimate of drug-likeness (QED) is 0.863. The largest absolute Gasteiger partial charge is 0.379 e. The van der Waals surface area contributed by atoms with Crippen LogP contribution in [0.2, 0.25) is 0 Å². The minimum Gasteiger partial charge on any atom is -0.379 e. The third-order valence-corrected chi connectivity index (χ3v) is 5.21. The van der Waals surface area contributed by atoms with Crippen LogP contribution in [0, 0.1) is 0 Å². The van der Waals surface area contributed by atoms with Crippen molar-refractivity contribution in [1.82, 2.24) is 15.2 Å². The van der Waals surface area contributed by atoms with E-state index in [1.165, 1.54) is 5.01 Å². The molecule has 1 aliphatic rings. The van der Waals surface area contributed by atoms with Crippen LogP contribution in [0.3, 0.4) is 0 Å². The maximum Gasteiger partial charge on any atom is 0.0941 e. The molecule has 1 N–H and O–H groups in total. The lowest BCUT2D eigenvalue weighted by atomic mass is 9.85. The first kappa shape index (κ1) is 14.9. The molecular weight excluding hydrogens is 258 g/mol. The van der Waals surface area contributed by atoms with Crippen LogP contribution in [-0.2, 0) is 11.2 Å². The van der Waals surface area contributed by atoms with Crippen LogP contribution in [0.4, 0.5) is 0 Å². The van der Waals surface area contributed by atoms with E-state index < -0.39 is 0 Å². The van der Waals surface area contributed by atoms with Crippen molar-refractivity contribution in [2.24, 2.45) is 0 Å². The van der Waals surface area contributed by atoms with Crippen LogP contribution in [0.15, 0.2) is 11.6 Å². The Labute approximate surface area is 120 Å². The van der Waals surface area contributed by atoms with Gasteiger partial charge in [0, 0.05) is 42.7 Å². The first-order valence-electron chi connectivity index (χ1n) is 7.09. The Hall–Kier alpha value is -0.490. The number of nitrogens with one attached hydrogen (secondary N) is 1. The highest BCUT2D eigenvalue weighted by Gasteiger charge is 2.38. The summed E-state index contributed by atoms with van der Waals surface area (Å²) in [5.41, 5.74) is 0.157. The highest BCUT2D eigenvalue weighted by Crippen LogP contribution is 2.27. The normalized spacial score (nSPS) is 22.1. The van der Waals surface area contributed by atoms with E-state index >= 15 is 0 Å². The molecule has 2 rings (SSSR count). The topological polar surface area (TPSA) is 37.4 Å². The lowest BCUT2D eigenvalue weighted by molar-refractivity contribution is -0.0313. The van der Waals surface area contributed by atoms with E-state index in [9.17, 15) is 0 Å². The maximum absolute atomic E-state index is 5.49. The molecule has 0 aliphatic carbocycles. The summed E-state index contributed by atoms with van der Waals surface area (Å²) >= 11 is 1.75. The zero-order valence-electron chi connectivity index (χ0n) is 12.2. The van der Waals surface area contributed by atoms with Gasteiger partial charge in [-0.15, -0.1) is 11.3 Å². The van der Waals surface area contributed by atoms with Gasteiger partial charge in [-0.2, -0.15) is 0 Å².